The van der Waals surface area contributed by atoms with E-state index in [1.54, 1.807) is 23.1 Å². The van der Waals surface area contributed by atoms with Crippen LogP contribution in [0.5, 0.6) is 11.5 Å². The average molecular weight is 526 g/mol. The smallest absolute Gasteiger partial charge is 0.245 e. The highest BCUT2D eigenvalue weighted by Crippen LogP contribution is 2.27. The maximum atomic E-state index is 12.6. The fourth-order valence-corrected chi connectivity index (χ4v) is 4.08. The van der Waals surface area contributed by atoms with Gasteiger partial charge in [0.15, 0.2) is 0 Å². The fourth-order valence-electron chi connectivity index (χ4n) is 3.76. The fraction of sp³-hybridized carbons (Fsp3) is 0.222. The molecule has 1 atom stereocenters. The lowest BCUT2D eigenvalue weighted by atomic mass is 10.1. The summed E-state index contributed by atoms with van der Waals surface area (Å²) in [5.41, 5.74) is 4.92. The molecule has 3 aromatic rings. The molecule has 36 heavy (non-hydrogen) atoms. The third-order valence-electron chi connectivity index (χ3n) is 5.59. The van der Waals surface area contributed by atoms with Gasteiger partial charge in [0, 0.05) is 18.7 Å². The van der Waals surface area contributed by atoms with Gasteiger partial charge in [-0.15, -0.1) is 0 Å². The zero-order valence-electron chi connectivity index (χ0n) is 19.6. The topological polar surface area (TPSA) is 80.2 Å². The van der Waals surface area contributed by atoms with E-state index >= 15 is 0 Å². The van der Waals surface area contributed by atoms with Gasteiger partial charge in [-0.2, -0.15) is 5.10 Å². The Morgan fingerprint density at radius 3 is 2.61 bits per heavy atom. The monoisotopic (exact) mass is 525 g/mol. The second-order valence-corrected chi connectivity index (χ2v) is 8.99. The molecule has 1 N–H and O–H groups in total. The number of benzene rings is 3. The van der Waals surface area contributed by atoms with Gasteiger partial charge in [0.25, 0.3) is 0 Å². The summed E-state index contributed by atoms with van der Waals surface area (Å²) >= 11 is 12.0. The molecule has 0 bridgehead atoms. The Balaban J connectivity index is 1.29. The molecular weight excluding hydrogens is 501 g/mol. The van der Waals surface area contributed by atoms with Crippen molar-refractivity contribution < 1.29 is 19.1 Å². The molecule has 4 rings (SSSR count). The molecule has 0 unspecified atom stereocenters. The molecule has 1 aliphatic rings. The van der Waals surface area contributed by atoms with E-state index in [-0.39, 0.29) is 18.2 Å². The predicted molar refractivity (Wildman–Crippen MR) is 141 cm³/mol. The largest absolute Gasteiger partial charge is 0.494 e. The summed E-state index contributed by atoms with van der Waals surface area (Å²) in [4.78, 5) is 26.7. The number of ether oxygens (including phenoxy) is 2. The number of hydrazone groups is 1. The first-order valence-corrected chi connectivity index (χ1v) is 12.2. The Bertz CT molecular complexity index is 1260. The van der Waals surface area contributed by atoms with Gasteiger partial charge in [-0.1, -0.05) is 41.4 Å². The van der Waals surface area contributed by atoms with Crippen molar-refractivity contribution in [1.82, 2.24) is 5.43 Å². The number of nitrogens with one attached hydrogen (secondary N) is 1. The summed E-state index contributed by atoms with van der Waals surface area (Å²) in [6, 6.07) is 19.9. The summed E-state index contributed by atoms with van der Waals surface area (Å²) in [5.74, 6) is 0.487. The van der Waals surface area contributed by atoms with Gasteiger partial charge in [-0.3, -0.25) is 9.59 Å². The number of amides is 2. The SMILES string of the molecule is CCOc1ccc(N2C[C@@H](C(=O)N/N=C\c3cccc(OCc4ccc(Cl)c(Cl)c4)c3)CC2=O)cc1. The van der Waals surface area contributed by atoms with Crippen LogP contribution in [0, 0.1) is 5.92 Å². The van der Waals surface area contributed by atoms with Crippen molar-refractivity contribution in [3.63, 3.8) is 0 Å². The van der Waals surface area contributed by atoms with E-state index in [1.165, 1.54) is 6.21 Å². The maximum Gasteiger partial charge on any atom is 0.245 e. The first kappa shape index (κ1) is 25.5. The molecule has 1 fully saturated rings. The van der Waals surface area contributed by atoms with E-state index in [1.807, 2.05) is 55.5 Å². The summed E-state index contributed by atoms with van der Waals surface area (Å²) in [7, 11) is 0. The standard InChI is InChI=1S/C27H25Cl2N3O4/c1-2-35-22-9-7-21(8-10-22)32-16-20(14-26(32)33)27(34)31-30-15-18-4-3-5-23(12-18)36-17-19-6-11-24(28)25(29)13-19/h3-13,15,20H,2,14,16-17H2,1H3,(H,31,34)/b30-15-/t20-/m0/s1. The first-order valence-electron chi connectivity index (χ1n) is 11.5. The number of halogens is 2. The van der Waals surface area contributed by atoms with Crippen molar-refractivity contribution >= 4 is 46.9 Å². The molecular formula is C27H25Cl2N3O4. The summed E-state index contributed by atoms with van der Waals surface area (Å²) in [6.45, 7) is 3.11. The van der Waals surface area contributed by atoms with Crippen LogP contribution in [0.4, 0.5) is 5.69 Å². The van der Waals surface area contributed by atoms with Gasteiger partial charge in [0.05, 0.1) is 28.8 Å². The average Bonchev–Trinajstić information content (AvgIpc) is 3.27. The van der Waals surface area contributed by atoms with Crippen LogP contribution in [0.15, 0.2) is 71.8 Å². The van der Waals surface area contributed by atoms with Gasteiger partial charge in [0.1, 0.15) is 18.1 Å². The van der Waals surface area contributed by atoms with Crippen molar-refractivity contribution in [2.24, 2.45) is 11.0 Å². The van der Waals surface area contributed by atoms with Crippen LogP contribution in [0.1, 0.15) is 24.5 Å². The lowest BCUT2D eigenvalue weighted by Crippen LogP contribution is -2.30. The number of rotatable bonds is 9. The summed E-state index contributed by atoms with van der Waals surface area (Å²) in [6.07, 6.45) is 1.66. The zero-order chi connectivity index (χ0) is 25.5. The lowest BCUT2D eigenvalue weighted by Gasteiger charge is -2.17. The van der Waals surface area contributed by atoms with Crippen molar-refractivity contribution in [3.8, 4) is 11.5 Å². The molecule has 1 aliphatic heterocycles. The molecule has 0 aromatic heterocycles. The number of hydrogen-bond acceptors (Lipinski definition) is 5. The molecule has 3 aromatic carbocycles. The van der Waals surface area contributed by atoms with Crippen LogP contribution in [0.3, 0.4) is 0 Å². The summed E-state index contributed by atoms with van der Waals surface area (Å²) < 4.78 is 11.3. The van der Waals surface area contributed by atoms with Gasteiger partial charge in [-0.05, 0) is 66.6 Å². The quantitative estimate of drug-likeness (QED) is 0.296. The highest BCUT2D eigenvalue weighted by molar-refractivity contribution is 6.42. The Morgan fingerprint density at radius 1 is 1.06 bits per heavy atom. The minimum absolute atomic E-state index is 0.102. The number of carbonyl (C=O) groups excluding carboxylic acids is 2. The predicted octanol–water partition coefficient (Wildman–Crippen LogP) is 5.47. The van der Waals surface area contributed by atoms with E-state index in [9.17, 15) is 9.59 Å². The van der Waals surface area contributed by atoms with E-state index in [0.717, 1.165) is 22.6 Å². The zero-order valence-corrected chi connectivity index (χ0v) is 21.1. The molecule has 2 amide bonds. The Hall–Kier alpha value is -3.55. The van der Waals surface area contributed by atoms with Gasteiger partial charge < -0.3 is 14.4 Å². The second-order valence-electron chi connectivity index (χ2n) is 8.18. The van der Waals surface area contributed by atoms with Crippen LogP contribution in [-0.2, 0) is 16.2 Å². The minimum Gasteiger partial charge on any atom is -0.494 e. The van der Waals surface area contributed by atoms with Gasteiger partial charge in [0.2, 0.25) is 11.8 Å². The van der Waals surface area contributed by atoms with Crippen LogP contribution >= 0.6 is 23.2 Å². The Labute approximate surface area is 219 Å². The molecule has 0 radical (unpaired) electrons. The number of hydrogen-bond donors (Lipinski definition) is 1. The Kier molecular flexibility index (Phi) is 8.46. The van der Waals surface area contributed by atoms with Crippen molar-refractivity contribution in [3.05, 3.63) is 87.9 Å². The molecule has 0 aliphatic carbocycles. The summed E-state index contributed by atoms with van der Waals surface area (Å²) in [5, 5.41) is 5.03. The lowest BCUT2D eigenvalue weighted by molar-refractivity contribution is -0.126. The molecule has 9 heteroatoms. The number of nitrogens with zero attached hydrogens (tertiary/aromatic N) is 2. The van der Waals surface area contributed by atoms with E-state index in [0.29, 0.717) is 35.6 Å². The molecule has 1 saturated heterocycles. The van der Waals surface area contributed by atoms with Crippen molar-refractivity contribution in [1.29, 1.82) is 0 Å². The normalized spacial score (nSPS) is 15.4. The molecule has 0 saturated carbocycles. The highest BCUT2D eigenvalue weighted by atomic mass is 35.5. The third-order valence-corrected chi connectivity index (χ3v) is 6.33. The second kappa shape index (κ2) is 11.9. The van der Waals surface area contributed by atoms with E-state index in [2.05, 4.69) is 10.5 Å². The Morgan fingerprint density at radius 2 is 1.86 bits per heavy atom. The van der Waals surface area contributed by atoms with Crippen LogP contribution in [-0.4, -0.2) is 31.2 Å². The van der Waals surface area contributed by atoms with E-state index < -0.39 is 5.92 Å². The first-order chi connectivity index (χ1) is 17.4. The van der Waals surface area contributed by atoms with Crippen LogP contribution in [0.25, 0.3) is 0 Å². The number of anilines is 1. The molecule has 0 spiro atoms. The van der Waals surface area contributed by atoms with Crippen LogP contribution in [0.2, 0.25) is 10.0 Å². The molecule has 7 nitrogen and oxygen atoms in total. The van der Waals surface area contributed by atoms with Gasteiger partial charge >= 0.3 is 0 Å². The third kappa shape index (κ3) is 6.56. The van der Waals surface area contributed by atoms with Gasteiger partial charge in [-0.25, -0.2) is 5.43 Å². The van der Waals surface area contributed by atoms with E-state index in [4.69, 9.17) is 32.7 Å². The number of carbonyl (C=O) groups is 2. The van der Waals surface area contributed by atoms with Crippen molar-refractivity contribution in [2.45, 2.75) is 20.0 Å². The molecule has 186 valence electrons. The molecule has 1 heterocycles. The maximum absolute atomic E-state index is 12.6. The highest BCUT2D eigenvalue weighted by Gasteiger charge is 2.35. The van der Waals surface area contributed by atoms with Crippen molar-refractivity contribution in [2.75, 3.05) is 18.1 Å². The minimum atomic E-state index is -0.484. The van der Waals surface area contributed by atoms with Crippen LogP contribution < -0.4 is 19.8 Å².